The Labute approximate surface area is 96.6 Å². The molecule has 1 unspecified atom stereocenters. The molecule has 0 bridgehead atoms. The summed E-state index contributed by atoms with van der Waals surface area (Å²) in [6.45, 7) is 5.54. The molecule has 0 radical (unpaired) electrons. The first-order chi connectivity index (χ1) is 7.38. The average Bonchev–Trinajstić information content (AvgIpc) is 2.16. The topological polar surface area (TPSA) is 52.3 Å². The van der Waals surface area contributed by atoms with Crippen LogP contribution in [0.15, 0.2) is 30.3 Å². The lowest BCUT2D eigenvalue weighted by Gasteiger charge is -2.21. The summed E-state index contributed by atoms with van der Waals surface area (Å²) in [5.74, 6) is -0.260. The summed E-state index contributed by atoms with van der Waals surface area (Å²) >= 11 is 0. The predicted molar refractivity (Wildman–Crippen MR) is 63.8 cm³/mol. The van der Waals surface area contributed by atoms with Crippen LogP contribution in [0.1, 0.15) is 38.8 Å². The van der Waals surface area contributed by atoms with E-state index in [2.05, 4.69) is 0 Å². The third kappa shape index (κ3) is 4.45. The van der Waals surface area contributed by atoms with Gasteiger partial charge in [0.1, 0.15) is 5.60 Å². The summed E-state index contributed by atoms with van der Waals surface area (Å²) in [4.78, 5) is 11.5. The quantitative estimate of drug-likeness (QED) is 0.797. The van der Waals surface area contributed by atoms with Crippen LogP contribution in [0.3, 0.4) is 0 Å². The minimum absolute atomic E-state index is 0.210. The predicted octanol–water partition coefficient (Wildman–Crippen LogP) is 2.42. The first-order valence-electron chi connectivity index (χ1n) is 5.41. The number of benzene rings is 1. The van der Waals surface area contributed by atoms with Crippen molar-refractivity contribution in [1.29, 1.82) is 0 Å². The fraction of sp³-hybridized carbons (Fsp3) is 0.462. The van der Waals surface area contributed by atoms with E-state index < -0.39 is 5.60 Å². The van der Waals surface area contributed by atoms with Crippen LogP contribution in [0, 0.1) is 0 Å². The van der Waals surface area contributed by atoms with E-state index in [1.165, 1.54) is 0 Å². The molecule has 1 rings (SSSR count). The van der Waals surface area contributed by atoms with E-state index in [-0.39, 0.29) is 18.4 Å². The van der Waals surface area contributed by atoms with Crippen molar-refractivity contribution in [2.75, 3.05) is 0 Å². The Morgan fingerprint density at radius 1 is 1.31 bits per heavy atom. The molecule has 0 amide bonds. The molecular formula is C13H19NO2. The van der Waals surface area contributed by atoms with Crippen LogP contribution in [0.5, 0.6) is 0 Å². The molecule has 0 saturated heterocycles. The SMILES string of the molecule is CC(C)(C)OC(=O)CC(N)c1ccccc1. The van der Waals surface area contributed by atoms with Crippen molar-refractivity contribution in [2.45, 2.75) is 38.8 Å². The summed E-state index contributed by atoms with van der Waals surface area (Å²) in [7, 11) is 0. The normalized spacial score (nSPS) is 13.2. The number of ether oxygens (including phenoxy) is 1. The molecule has 0 spiro atoms. The van der Waals surface area contributed by atoms with Gasteiger partial charge in [0.25, 0.3) is 0 Å². The zero-order chi connectivity index (χ0) is 12.2. The second kappa shape index (κ2) is 5.12. The molecule has 3 nitrogen and oxygen atoms in total. The van der Waals surface area contributed by atoms with Crippen LogP contribution < -0.4 is 5.73 Å². The Balaban J connectivity index is 2.52. The molecule has 16 heavy (non-hydrogen) atoms. The third-order valence-corrected chi connectivity index (χ3v) is 2.03. The van der Waals surface area contributed by atoms with Gasteiger partial charge in [0.15, 0.2) is 0 Å². The number of carbonyl (C=O) groups is 1. The van der Waals surface area contributed by atoms with Gasteiger partial charge in [-0.25, -0.2) is 0 Å². The molecule has 3 heteroatoms. The van der Waals surface area contributed by atoms with Crippen LogP contribution in [0.4, 0.5) is 0 Å². The molecule has 0 fully saturated rings. The lowest BCUT2D eigenvalue weighted by Crippen LogP contribution is -2.26. The molecule has 0 heterocycles. The second-order valence-electron chi connectivity index (χ2n) is 4.81. The van der Waals surface area contributed by atoms with Crippen LogP contribution in [-0.2, 0) is 9.53 Å². The van der Waals surface area contributed by atoms with Crippen molar-refractivity contribution in [2.24, 2.45) is 5.73 Å². The summed E-state index contributed by atoms with van der Waals surface area (Å²) in [6.07, 6.45) is 0.210. The Morgan fingerprint density at radius 3 is 2.38 bits per heavy atom. The third-order valence-electron chi connectivity index (χ3n) is 2.03. The molecule has 0 aliphatic carbocycles. The lowest BCUT2D eigenvalue weighted by molar-refractivity contribution is -0.155. The molecule has 0 saturated carbocycles. The zero-order valence-electron chi connectivity index (χ0n) is 10.1. The zero-order valence-corrected chi connectivity index (χ0v) is 10.1. The monoisotopic (exact) mass is 221 g/mol. The largest absolute Gasteiger partial charge is 0.460 e. The van der Waals surface area contributed by atoms with Gasteiger partial charge in [0, 0.05) is 6.04 Å². The van der Waals surface area contributed by atoms with Crippen LogP contribution in [0.2, 0.25) is 0 Å². The van der Waals surface area contributed by atoms with Crippen molar-refractivity contribution in [1.82, 2.24) is 0 Å². The number of rotatable bonds is 3. The highest BCUT2D eigenvalue weighted by Crippen LogP contribution is 2.16. The second-order valence-corrected chi connectivity index (χ2v) is 4.81. The highest BCUT2D eigenvalue weighted by molar-refractivity contribution is 5.70. The first-order valence-corrected chi connectivity index (χ1v) is 5.41. The van der Waals surface area contributed by atoms with Gasteiger partial charge in [-0.05, 0) is 26.3 Å². The van der Waals surface area contributed by atoms with Crippen LogP contribution in [0.25, 0.3) is 0 Å². The number of hydrogen-bond acceptors (Lipinski definition) is 3. The molecule has 1 aromatic carbocycles. The van der Waals surface area contributed by atoms with Crippen molar-refractivity contribution >= 4 is 5.97 Å². The van der Waals surface area contributed by atoms with E-state index in [9.17, 15) is 4.79 Å². The van der Waals surface area contributed by atoms with Crippen molar-refractivity contribution in [3.8, 4) is 0 Å². The van der Waals surface area contributed by atoms with E-state index in [1.807, 2.05) is 51.1 Å². The lowest BCUT2D eigenvalue weighted by atomic mass is 10.0. The number of nitrogens with two attached hydrogens (primary N) is 1. The maximum absolute atomic E-state index is 11.5. The summed E-state index contributed by atoms with van der Waals surface area (Å²) in [6, 6.07) is 9.26. The van der Waals surface area contributed by atoms with Gasteiger partial charge >= 0.3 is 5.97 Å². The number of carbonyl (C=O) groups excluding carboxylic acids is 1. The molecule has 0 aromatic heterocycles. The fourth-order valence-electron chi connectivity index (χ4n) is 1.38. The molecule has 1 aromatic rings. The summed E-state index contributed by atoms with van der Waals surface area (Å²) in [5, 5.41) is 0. The van der Waals surface area contributed by atoms with Crippen molar-refractivity contribution in [3.63, 3.8) is 0 Å². The fourth-order valence-corrected chi connectivity index (χ4v) is 1.38. The van der Waals surface area contributed by atoms with Gasteiger partial charge in [-0.2, -0.15) is 0 Å². The molecule has 88 valence electrons. The van der Waals surface area contributed by atoms with Gasteiger partial charge in [-0.3, -0.25) is 4.79 Å². The minimum atomic E-state index is -0.451. The molecule has 1 atom stereocenters. The van der Waals surface area contributed by atoms with E-state index in [1.54, 1.807) is 0 Å². The van der Waals surface area contributed by atoms with Crippen molar-refractivity contribution in [3.05, 3.63) is 35.9 Å². The first kappa shape index (κ1) is 12.7. The Hall–Kier alpha value is -1.35. The van der Waals surface area contributed by atoms with Crippen LogP contribution in [-0.4, -0.2) is 11.6 Å². The standard InChI is InChI=1S/C13H19NO2/c1-13(2,3)16-12(15)9-11(14)10-7-5-4-6-8-10/h4-8,11H,9,14H2,1-3H3. The van der Waals surface area contributed by atoms with Crippen molar-refractivity contribution < 1.29 is 9.53 Å². The minimum Gasteiger partial charge on any atom is -0.460 e. The smallest absolute Gasteiger partial charge is 0.308 e. The molecule has 0 aliphatic heterocycles. The van der Waals surface area contributed by atoms with E-state index in [4.69, 9.17) is 10.5 Å². The van der Waals surface area contributed by atoms with E-state index in [0.29, 0.717) is 0 Å². The maximum Gasteiger partial charge on any atom is 0.308 e. The van der Waals surface area contributed by atoms with E-state index >= 15 is 0 Å². The van der Waals surface area contributed by atoms with Gasteiger partial charge in [0.2, 0.25) is 0 Å². The summed E-state index contributed by atoms with van der Waals surface area (Å²) in [5.41, 5.74) is 6.42. The van der Waals surface area contributed by atoms with E-state index in [0.717, 1.165) is 5.56 Å². The summed E-state index contributed by atoms with van der Waals surface area (Å²) < 4.78 is 5.21. The highest BCUT2D eigenvalue weighted by atomic mass is 16.6. The molecular weight excluding hydrogens is 202 g/mol. The van der Waals surface area contributed by atoms with Crippen LogP contribution >= 0.6 is 0 Å². The number of esters is 1. The van der Waals surface area contributed by atoms with Gasteiger partial charge in [0.05, 0.1) is 6.42 Å². The van der Waals surface area contributed by atoms with Gasteiger partial charge in [-0.15, -0.1) is 0 Å². The maximum atomic E-state index is 11.5. The Morgan fingerprint density at radius 2 is 1.88 bits per heavy atom. The Kier molecular flexibility index (Phi) is 4.07. The highest BCUT2D eigenvalue weighted by Gasteiger charge is 2.19. The molecule has 0 aliphatic rings. The Bertz CT molecular complexity index is 341. The average molecular weight is 221 g/mol. The van der Waals surface area contributed by atoms with Gasteiger partial charge < -0.3 is 10.5 Å². The number of hydrogen-bond donors (Lipinski definition) is 1. The molecule has 2 N–H and O–H groups in total. The van der Waals surface area contributed by atoms with Gasteiger partial charge in [-0.1, -0.05) is 30.3 Å².